The molecule has 0 fully saturated rings. The van der Waals surface area contributed by atoms with Crippen LogP contribution in [0.5, 0.6) is 0 Å². The molecule has 0 atom stereocenters. The lowest BCUT2D eigenvalue weighted by Gasteiger charge is -2.01. The van der Waals surface area contributed by atoms with E-state index in [1.807, 2.05) is 50.2 Å². The summed E-state index contributed by atoms with van der Waals surface area (Å²) in [6.07, 6.45) is 1.76. The summed E-state index contributed by atoms with van der Waals surface area (Å²) in [6, 6.07) is 12.0. The van der Waals surface area contributed by atoms with E-state index in [-0.39, 0.29) is 0 Å². The van der Waals surface area contributed by atoms with Crippen molar-refractivity contribution in [2.24, 2.45) is 0 Å². The predicted octanol–water partition coefficient (Wildman–Crippen LogP) is 3.92. The number of hydrogen-bond acceptors (Lipinski definition) is 3. The lowest BCUT2D eigenvalue weighted by atomic mass is 10.4. The quantitative estimate of drug-likeness (QED) is 0.711. The zero-order valence-electron chi connectivity index (χ0n) is 10.0. The normalized spacial score (nSPS) is 9.69. The molecular weight excluding hydrogens is 223 g/mol. The van der Waals surface area contributed by atoms with E-state index in [1.54, 1.807) is 0 Å². The Morgan fingerprint density at radius 3 is 1.38 bits per heavy atom. The summed E-state index contributed by atoms with van der Waals surface area (Å²) in [6.45, 7) is 4.99. The maximum atomic E-state index is 10.7. The maximum Gasteiger partial charge on any atom is 0.319 e. The van der Waals surface area contributed by atoms with E-state index in [2.05, 4.69) is 0 Å². The highest BCUT2D eigenvalue weighted by Crippen LogP contribution is 2.23. The van der Waals surface area contributed by atoms with Crippen LogP contribution < -0.4 is 0 Å². The predicted molar refractivity (Wildman–Crippen MR) is 67.9 cm³/mol. The van der Waals surface area contributed by atoms with E-state index in [9.17, 15) is 4.57 Å². The van der Waals surface area contributed by atoms with Crippen LogP contribution >= 0.6 is 8.25 Å². The van der Waals surface area contributed by atoms with Crippen LogP contribution in [0, 0.1) is 0 Å². The van der Waals surface area contributed by atoms with E-state index in [1.165, 1.54) is 0 Å². The Kier molecular flexibility index (Phi) is 11.9. The molecule has 0 amide bonds. The van der Waals surface area contributed by atoms with Crippen LogP contribution in [-0.4, -0.2) is 13.2 Å². The molecule has 1 aromatic carbocycles. The van der Waals surface area contributed by atoms with E-state index in [4.69, 9.17) is 9.05 Å². The minimum atomic E-state index is -2.16. The third-order valence-electron chi connectivity index (χ3n) is 1.51. The van der Waals surface area contributed by atoms with Crippen molar-refractivity contribution in [3.05, 3.63) is 36.4 Å². The van der Waals surface area contributed by atoms with E-state index in [0.717, 1.165) is 12.8 Å². The van der Waals surface area contributed by atoms with Crippen molar-refractivity contribution in [3.63, 3.8) is 0 Å². The molecule has 3 nitrogen and oxygen atoms in total. The monoisotopic (exact) mass is 244 g/mol. The highest BCUT2D eigenvalue weighted by Gasteiger charge is 1.95. The van der Waals surface area contributed by atoms with Gasteiger partial charge in [0, 0.05) is 0 Å². The summed E-state index contributed by atoms with van der Waals surface area (Å²) < 4.78 is 20.3. The molecular formula is C12H21O3P. The summed E-state index contributed by atoms with van der Waals surface area (Å²) >= 11 is 0. The van der Waals surface area contributed by atoms with Crippen molar-refractivity contribution >= 4 is 8.25 Å². The molecule has 0 saturated carbocycles. The van der Waals surface area contributed by atoms with E-state index < -0.39 is 8.25 Å². The van der Waals surface area contributed by atoms with Gasteiger partial charge in [0.2, 0.25) is 0 Å². The molecule has 0 spiro atoms. The van der Waals surface area contributed by atoms with E-state index >= 15 is 0 Å². The molecule has 4 heteroatoms. The highest BCUT2D eigenvalue weighted by molar-refractivity contribution is 7.33. The SMILES string of the molecule is CCCO[PH](=O)OCCC.c1ccccc1. The summed E-state index contributed by atoms with van der Waals surface area (Å²) in [4.78, 5) is 0. The van der Waals surface area contributed by atoms with Crippen LogP contribution in [0.1, 0.15) is 26.7 Å². The molecule has 0 aliphatic heterocycles. The summed E-state index contributed by atoms with van der Waals surface area (Å²) in [5, 5.41) is 0. The maximum absolute atomic E-state index is 10.7. The van der Waals surface area contributed by atoms with Crippen molar-refractivity contribution in [2.75, 3.05) is 13.2 Å². The fraction of sp³-hybridized carbons (Fsp3) is 0.500. The van der Waals surface area contributed by atoms with Gasteiger partial charge < -0.3 is 9.05 Å². The van der Waals surface area contributed by atoms with Crippen LogP contribution in [0.15, 0.2) is 36.4 Å². The molecule has 1 rings (SSSR count). The second kappa shape index (κ2) is 12.4. The van der Waals surface area contributed by atoms with Gasteiger partial charge in [-0.15, -0.1) is 0 Å². The zero-order valence-corrected chi connectivity index (χ0v) is 11.0. The van der Waals surface area contributed by atoms with Crippen molar-refractivity contribution in [2.45, 2.75) is 26.7 Å². The molecule has 92 valence electrons. The van der Waals surface area contributed by atoms with Gasteiger partial charge in [0.25, 0.3) is 0 Å². The average molecular weight is 244 g/mol. The van der Waals surface area contributed by atoms with Crippen LogP contribution in [0.2, 0.25) is 0 Å². The molecule has 16 heavy (non-hydrogen) atoms. The summed E-state index contributed by atoms with van der Waals surface area (Å²) in [7, 11) is -2.16. The van der Waals surface area contributed by atoms with Gasteiger partial charge in [0.1, 0.15) is 0 Å². The van der Waals surface area contributed by atoms with Gasteiger partial charge in [-0.1, -0.05) is 50.2 Å². The Bertz CT molecular complexity index is 215. The van der Waals surface area contributed by atoms with Crippen molar-refractivity contribution < 1.29 is 13.6 Å². The number of hydrogen-bond donors (Lipinski definition) is 0. The fourth-order valence-electron chi connectivity index (χ4n) is 0.797. The molecule has 0 unspecified atom stereocenters. The fourth-order valence-corrected chi connectivity index (χ4v) is 1.62. The van der Waals surface area contributed by atoms with Gasteiger partial charge >= 0.3 is 8.25 Å². The first-order valence-electron chi connectivity index (χ1n) is 5.60. The van der Waals surface area contributed by atoms with Gasteiger partial charge in [-0.05, 0) is 12.8 Å². The van der Waals surface area contributed by atoms with Gasteiger partial charge in [0.05, 0.1) is 13.2 Å². The topological polar surface area (TPSA) is 35.5 Å². The van der Waals surface area contributed by atoms with Crippen LogP contribution in [0.4, 0.5) is 0 Å². The second-order valence-electron chi connectivity index (χ2n) is 3.10. The second-order valence-corrected chi connectivity index (χ2v) is 4.18. The van der Waals surface area contributed by atoms with Crippen LogP contribution in [-0.2, 0) is 13.6 Å². The van der Waals surface area contributed by atoms with Gasteiger partial charge in [0.15, 0.2) is 0 Å². The Hall–Kier alpha value is -0.630. The lowest BCUT2D eigenvalue weighted by Crippen LogP contribution is -1.87. The molecule has 0 N–H and O–H groups in total. The third-order valence-corrected chi connectivity index (χ3v) is 2.39. The van der Waals surface area contributed by atoms with Crippen molar-refractivity contribution in [3.8, 4) is 0 Å². The average Bonchev–Trinajstić information content (AvgIpc) is 2.36. The zero-order chi connectivity index (χ0) is 12.1. The van der Waals surface area contributed by atoms with Gasteiger partial charge in [-0.3, -0.25) is 4.57 Å². The smallest absolute Gasteiger partial charge is 0.311 e. The molecule has 0 bridgehead atoms. The Balaban J connectivity index is 0.000000315. The summed E-state index contributed by atoms with van der Waals surface area (Å²) in [5.74, 6) is 0. The molecule has 0 aliphatic rings. The molecule has 0 saturated heterocycles. The largest absolute Gasteiger partial charge is 0.319 e. The molecule has 0 heterocycles. The molecule has 0 radical (unpaired) electrons. The van der Waals surface area contributed by atoms with Gasteiger partial charge in [-0.2, -0.15) is 0 Å². The molecule has 0 aliphatic carbocycles. The molecule has 1 aromatic rings. The van der Waals surface area contributed by atoms with Crippen LogP contribution in [0.25, 0.3) is 0 Å². The summed E-state index contributed by atoms with van der Waals surface area (Å²) in [5.41, 5.74) is 0. The minimum Gasteiger partial charge on any atom is -0.311 e. The van der Waals surface area contributed by atoms with Crippen molar-refractivity contribution in [1.82, 2.24) is 0 Å². The minimum absolute atomic E-state index is 0.529. The van der Waals surface area contributed by atoms with E-state index in [0.29, 0.717) is 13.2 Å². The first kappa shape index (κ1) is 15.4. The Morgan fingerprint density at radius 1 is 0.812 bits per heavy atom. The number of rotatable bonds is 6. The van der Waals surface area contributed by atoms with Crippen molar-refractivity contribution in [1.29, 1.82) is 0 Å². The van der Waals surface area contributed by atoms with Crippen LogP contribution in [0.3, 0.4) is 0 Å². The first-order chi connectivity index (χ1) is 7.81. The third kappa shape index (κ3) is 11.4. The highest BCUT2D eigenvalue weighted by atomic mass is 31.1. The molecule has 0 aromatic heterocycles. The Morgan fingerprint density at radius 2 is 1.12 bits per heavy atom. The standard InChI is InChI=1S/C6H15O3P.C6H6/c1-3-5-8-10(7)9-6-4-2;1-2-4-6-5-3-1/h10H,3-6H2,1-2H3;1-6H. The lowest BCUT2D eigenvalue weighted by molar-refractivity contribution is 0.226. The van der Waals surface area contributed by atoms with Gasteiger partial charge in [-0.25, -0.2) is 0 Å². The Labute approximate surface area is 98.7 Å². The number of benzene rings is 1. The first-order valence-corrected chi connectivity index (χ1v) is 6.83.